The minimum absolute atomic E-state index is 0.172. The van der Waals surface area contributed by atoms with Crippen LogP contribution in [0, 0.1) is 36.5 Å². The second kappa shape index (κ2) is 7.69. The summed E-state index contributed by atoms with van der Waals surface area (Å²) in [4.78, 5) is 15.3. The number of aryl methyl sites for hydroxylation is 2. The molecule has 0 aliphatic carbocycles. The molecule has 0 spiro atoms. The lowest BCUT2D eigenvalue weighted by molar-refractivity contribution is -0.410. The van der Waals surface area contributed by atoms with Crippen molar-refractivity contribution in [2.24, 2.45) is 0 Å². The van der Waals surface area contributed by atoms with Gasteiger partial charge >= 0.3 is 0 Å². The number of nitrogen functional groups attached to an aromatic ring is 1. The van der Waals surface area contributed by atoms with E-state index in [9.17, 15) is 10.1 Å². The molecule has 126 valence electrons. The Morgan fingerprint density at radius 3 is 2.56 bits per heavy atom. The number of benzene rings is 1. The molecule has 0 aliphatic rings. The number of nitrogens with zero attached hydrogens (tertiary/aromatic N) is 2. The van der Waals surface area contributed by atoms with E-state index in [4.69, 9.17) is 11.0 Å². The van der Waals surface area contributed by atoms with Crippen LogP contribution in [0.2, 0.25) is 0 Å². The van der Waals surface area contributed by atoms with Gasteiger partial charge in [-0.25, -0.2) is 4.98 Å². The molecule has 0 aliphatic heterocycles. The number of aromatic nitrogens is 1. The summed E-state index contributed by atoms with van der Waals surface area (Å²) < 4.78 is 0. The van der Waals surface area contributed by atoms with Gasteiger partial charge in [0.2, 0.25) is 5.91 Å². The van der Waals surface area contributed by atoms with E-state index in [-0.39, 0.29) is 22.9 Å². The number of hydrogen-bond acceptors (Lipinski definition) is 5. The summed E-state index contributed by atoms with van der Waals surface area (Å²) in [6, 6.07) is 11.2. The SMILES string of the molecule is Cc1ccc(C)c(NC(=O)[C@@H](C)Sc2[nH+]c(N)c(C#N)cc2C#N)c1. The predicted molar refractivity (Wildman–Crippen MR) is 96.7 cm³/mol. The fourth-order valence-electron chi connectivity index (χ4n) is 2.15. The van der Waals surface area contributed by atoms with E-state index >= 15 is 0 Å². The van der Waals surface area contributed by atoms with Gasteiger partial charge < -0.3 is 5.32 Å². The largest absolute Gasteiger partial charge is 0.325 e. The average Bonchev–Trinajstić information content (AvgIpc) is 2.58. The predicted octanol–water partition coefficient (Wildman–Crippen LogP) is 2.56. The average molecular weight is 352 g/mol. The van der Waals surface area contributed by atoms with Gasteiger partial charge in [0.15, 0.2) is 5.03 Å². The summed E-state index contributed by atoms with van der Waals surface area (Å²) in [7, 11) is 0. The number of nitrogens with two attached hydrogens (primary N) is 1. The minimum atomic E-state index is -0.462. The van der Waals surface area contributed by atoms with Gasteiger partial charge in [0.05, 0.1) is 5.25 Å². The summed E-state index contributed by atoms with van der Waals surface area (Å²) >= 11 is 1.19. The number of H-pyrrole nitrogens is 1. The highest BCUT2D eigenvalue weighted by Crippen LogP contribution is 2.26. The van der Waals surface area contributed by atoms with Gasteiger partial charge in [0.25, 0.3) is 5.82 Å². The Morgan fingerprint density at radius 2 is 1.92 bits per heavy atom. The van der Waals surface area contributed by atoms with Gasteiger partial charge in [-0.15, -0.1) is 0 Å². The molecular formula is C18H18N5OS+. The third-order valence-corrected chi connectivity index (χ3v) is 4.75. The highest BCUT2D eigenvalue weighted by Gasteiger charge is 2.21. The molecule has 1 heterocycles. The summed E-state index contributed by atoms with van der Waals surface area (Å²) in [5.41, 5.74) is 9.04. The second-order valence-electron chi connectivity index (χ2n) is 5.63. The minimum Gasteiger partial charge on any atom is -0.325 e. The number of nitrogens with one attached hydrogen (secondary N) is 2. The van der Waals surface area contributed by atoms with Crippen LogP contribution < -0.4 is 16.0 Å². The van der Waals surface area contributed by atoms with Crippen LogP contribution in [0.3, 0.4) is 0 Å². The van der Waals surface area contributed by atoms with Gasteiger partial charge in [-0.1, -0.05) is 23.9 Å². The fraction of sp³-hybridized carbons (Fsp3) is 0.222. The zero-order valence-electron chi connectivity index (χ0n) is 14.2. The van der Waals surface area contributed by atoms with Crippen molar-refractivity contribution in [1.82, 2.24) is 0 Å². The third kappa shape index (κ3) is 4.28. The molecule has 0 unspecified atom stereocenters. The van der Waals surface area contributed by atoms with Crippen molar-refractivity contribution < 1.29 is 9.78 Å². The van der Waals surface area contributed by atoms with E-state index in [2.05, 4.69) is 10.3 Å². The van der Waals surface area contributed by atoms with E-state index < -0.39 is 5.25 Å². The number of carbonyl (C=O) groups excluding carboxylic acids is 1. The monoisotopic (exact) mass is 352 g/mol. The molecule has 0 saturated carbocycles. The summed E-state index contributed by atoms with van der Waals surface area (Å²) in [6.45, 7) is 5.63. The lowest BCUT2D eigenvalue weighted by Gasteiger charge is -2.13. The molecule has 0 radical (unpaired) electrons. The maximum Gasteiger partial charge on any atom is 0.289 e. The van der Waals surface area contributed by atoms with Crippen LogP contribution in [0.25, 0.3) is 0 Å². The van der Waals surface area contributed by atoms with Crippen molar-refractivity contribution in [1.29, 1.82) is 10.5 Å². The number of anilines is 2. The molecule has 2 aromatic rings. The molecule has 2 rings (SSSR count). The van der Waals surface area contributed by atoms with E-state index in [1.165, 1.54) is 17.8 Å². The summed E-state index contributed by atoms with van der Waals surface area (Å²) in [5.74, 6) is -0.00921. The first-order valence-corrected chi connectivity index (χ1v) is 8.44. The first kappa shape index (κ1) is 18.3. The Kier molecular flexibility index (Phi) is 5.63. The van der Waals surface area contributed by atoms with E-state index in [0.717, 1.165) is 16.8 Å². The zero-order valence-corrected chi connectivity index (χ0v) is 15.0. The van der Waals surface area contributed by atoms with Crippen LogP contribution in [0.15, 0.2) is 29.3 Å². The summed E-state index contributed by atoms with van der Waals surface area (Å²) in [5, 5.41) is 21.1. The topological polar surface area (TPSA) is 117 Å². The Morgan fingerprint density at radius 1 is 1.24 bits per heavy atom. The lowest BCUT2D eigenvalue weighted by atomic mass is 10.1. The molecule has 0 saturated heterocycles. The van der Waals surface area contributed by atoms with E-state index in [1.54, 1.807) is 6.92 Å². The van der Waals surface area contributed by atoms with Gasteiger partial charge in [-0.2, -0.15) is 10.5 Å². The molecular weight excluding hydrogens is 334 g/mol. The number of carbonyl (C=O) groups is 1. The highest BCUT2D eigenvalue weighted by atomic mass is 32.2. The normalized spacial score (nSPS) is 11.2. The Balaban J connectivity index is 2.19. The fourth-order valence-corrected chi connectivity index (χ4v) is 3.07. The molecule has 4 N–H and O–H groups in total. The number of aromatic amines is 1. The zero-order chi connectivity index (χ0) is 18.6. The van der Waals surface area contributed by atoms with Gasteiger partial charge in [-0.3, -0.25) is 10.5 Å². The maximum atomic E-state index is 12.5. The first-order valence-electron chi connectivity index (χ1n) is 7.56. The Hall–Kier alpha value is -3.03. The highest BCUT2D eigenvalue weighted by molar-refractivity contribution is 8.00. The van der Waals surface area contributed by atoms with Crippen molar-refractivity contribution in [3.63, 3.8) is 0 Å². The molecule has 6 nitrogen and oxygen atoms in total. The number of rotatable bonds is 4. The van der Waals surface area contributed by atoms with E-state index in [1.807, 2.05) is 44.2 Å². The van der Waals surface area contributed by atoms with Crippen LogP contribution in [-0.4, -0.2) is 11.2 Å². The number of nitriles is 2. The van der Waals surface area contributed by atoms with Crippen LogP contribution >= 0.6 is 11.8 Å². The Bertz CT molecular complexity index is 911. The molecule has 1 atom stereocenters. The van der Waals surface area contributed by atoms with Crippen LogP contribution in [-0.2, 0) is 4.79 Å². The molecule has 1 amide bonds. The Labute approximate surface area is 150 Å². The molecule has 25 heavy (non-hydrogen) atoms. The second-order valence-corrected chi connectivity index (χ2v) is 6.98. The van der Waals surface area contributed by atoms with Crippen molar-refractivity contribution in [2.75, 3.05) is 11.1 Å². The number of thioether (sulfide) groups is 1. The van der Waals surface area contributed by atoms with Crippen molar-refractivity contribution in [3.8, 4) is 12.1 Å². The van der Waals surface area contributed by atoms with Gasteiger partial charge in [-0.05, 0) is 44.0 Å². The van der Waals surface area contributed by atoms with Crippen molar-refractivity contribution in [3.05, 3.63) is 46.5 Å². The molecule has 0 fully saturated rings. The van der Waals surface area contributed by atoms with Gasteiger partial charge in [0, 0.05) is 5.69 Å². The van der Waals surface area contributed by atoms with Crippen molar-refractivity contribution >= 4 is 29.2 Å². The van der Waals surface area contributed by atoms with Crippen LogP contribution in [0.1, 0.15) is 29.2 Å². The van der Waals surface area contributed by atoms with Crippen LogP contribution in [0.4, 0.5) is 11.5 Å². The molecule has 1 aromatic carbocycles. The van der Waals surface area contributed by atoms with Crippen LogP contribution in [0.5, 0.6) is 0 Å². The molecule has 7 heteroatoms. The molecule has 1 aromatic heterocycles. The number of pyridine rings is 1. The number of hydrogen-bond donors (Lipinski definition) is 2. The maximum absolute atomic E-state index is 12.5. The number of amides is 1. The van der Waals surface area contributed by atoms with Crippen molar-refractivity contribution in [2.45, 2.75) is 31.0 Å². The first-order chi connectivity index (χ1) is 11.8. The van der Waals surface area contributed by atoms with E-state index in [0.29, 0.717) is 5.03 Å². The molecule has 0 bridgehead atoms. The van der Waals surface area contributed by atoms with Gasteiger partial charge in [0.1, 0.15) is 23.3 Å². The lowest BCUT2D eigenvalue weighted by Crippen LogP contribution is -2.25. The quantitative estimate of drug-likeness (QED) is 0.820. The smallest absolute Gasteiger partial charge is 0.289 e. The summed E-state index contributed by atoms with van der Waals surface area (Å²) in [6.07, 6.45) is 0. The standard InChI is InChI=1S/C18H17N5OS/c1-10-4-5-11(2)15(6-10)22-17(24)12(3)25-18-14(9-20)7-13(8-19)16(21)23-18/h4-7,12H,1-3H3,(H2,21,23)(H,22,24)/p+1/t12-/m1/s1. The third-order valence-electron chi connectivity index (χ3n) is 3.63.